The summed E-state index contributed by atoms with van der Waals surface area (Å²) in [6, 6.07) is 13.2. The highest BCUT2D eigenvalue weighted by atomic mass is 16.5. The molecule has 1 aliphatic rings. The van der Waals surface area contributed by atoms with Crippen molar-refractivity contribution in [3.63, 3.8) is 0 Å². The zero-order valence-electron chi connectivity index (χ0n) is 19.2. The zero-order valence-corrected chi connectivity index (χ0v) is 19.2. The van der Waals surface area contributed by atoms with Crippen LogP contribution >= 0.6 is 0 Å². The van der Waals surface area contributed by atoms with Crippen LogP contribution in [0.2, 0.25) is 0 Å². The molecule has 0 saturated carbocycles. The van der Waals surface area contributed by atoms with Gasteiger partial charge in [0.15, 0.2) is 0 Å². The summed E-state index contributed by atoms with van der Waals surface area (Å²) in [7, 11) is 1.58. The Bertz CT molecular complexity index is 945. The minimum absolute atomic E-state index is 0.0582. The van der Waals surface area contributed by atoms with Crippen LogP contribution in [0.3, 0.4) is 0 Å². The molecule has 6 nitrogen and oxygen atoms in total. The number of anilines is 2. The van der Waals surface area contributed by atoms with Crippen molar-refractivity contribution in [2.45, 2.75) is 52.6 Å². The quantitative estimate of drug-likeness (QED) is 0.725. The Balaban J connectivity index is 1.72. The third kappa shape index (κ3) is 5.37. The molecule has 2 aromatic carbocycles. The van der Waals surface area contributed by atoms with Gasteiger partial charge in [-0.25, -0.2) is 0 Å². The van der Waals surface area contributed by atoms with E-state index < -0.39 is 5.92 Å². The molecule has 166 valence electrons. The number of hydrogen-bond donors (Lipinski definition) is 1. The van der Waals surface area contributed by atoms with Crippen LogP contribution in [-0.2, 0) is 15.0 Å². The Morgan fingerprint density at radius 2 is 1.81 bits per heavy atom. The van der Waals surface area contributed by atoms with Gasteiger partial charge < -0.3 is 19.7 Å². The first-order valence-electron chi connectivity index (χ1n) is 10.6. The van der Waals surface area contributed by atoms with Crippen molar-refractivity contribution in [1.82, 2.24) is 0 Å². The van der Waals surface area contributed by atoms with Crippen LogP contribution in [0, 0.1) is 5.92 Å². The van der Waals surface area contributed by atoms with Crippen LogP contribution in [0.1, 0.15) is 46.6 Å². The van der Waals surface area contributed by atoms with Crippen LogP contribution < -0.4 is 19.7 Å². The van der Waals surface area contributed by atoms with E-state index in [2.05, 4.69) is 26.1 Å². The monoisotopic (exact) mass is 424 g/mol. The molecular weight excluding hydrogens is 392 g/mol. The van der Waals surface area contributed by atoms with Gasteiger partial charge in [0, 0.05) is 18.7 Å². The average Bonchev–Trinajstić information content (AvgIpc) is 3.09. The van der Waals surface area contributed by atoms with Crippen molar-refractivity contribution in [3.8, 4) is 11.5 Å². The number of nitrogens with zero attached hydrogens (tertiary/aromatic N) is 1. The summed E-state index contributed by atoms with van der Waals surface area (Å²) >= 11 is 0. The topological polar surface area (TPSA) is 67.9 Å². The molecule has 0 bridgehead atoms. The maximum absolute atomic E-state index is 13.0. The molecule has 6 heteroatoms. The SMILES string of the molecule is COc1ccc(C(C)(C)C)cc1NC(=O)[C@H]1CC(=O)N(c2ccc(OC(C)C)cc2)C1. The van der Waals surface area contributed by atoms with E-state index in [-0.39, 0.29) is 29.8 Å². The van der Waals surface area contributed by atoms with Gasteiger partial charge in [0.25, 0.3) is 0 Å². The van der Waals surface area contributed by atoms with Gasteiger partial charge in [0.2, 0.25) is 11.8 Å². The van der Waals surface area contributed by atoms with Gasteiger partial charge in [-0.3, -0.25) is 9.59 Å². The highest BCUT2D eigenvalue weighted by Crippen LogP contribution is 2.33. The number of amides is 2. The Hall–Kier alpha value is -3.02. The summed E-state index contributed by atoms with van der Waals surface area (Å²) in [4.78, 5) is 27.2. The van der Waals surface area contributed by atoms with Crippen molar-refractivity contribution in [3.05, 3.63) is 48.0 Å². The fourth-order valence-corrected chi connectivity index (χ4v) is 3.62. The molecule has 2 aromatic rings. The predicted octanol–water partition coefficient (Wildman–Crippen LogP) is 4.77. The second kappa shape index (κ2) is 9.00. The van der Waals surface area contributed by atoms with E-state index in [9.17, 15) is 9.59 Å². The molecule has 0 spiro atoms. The lowest BCUT2D eigenvalue weighted by Crippen LogP contribution is -2.28. The first-order valence-corrected chi connectivity index (χ1v) is 10.6. The van der Waals surface area contributed by atoms with Gasteiger partial charge in [0.1, 0.15) is 11.5 Å². The fourth-order valence-electron chi connectivity index (χ4n) is 3.62. The third-order valence-corrected chi connectivity index (χ3v) is 5.34. The molecule has 1 atom stereocenters. The van der Waals surface area contributed by atoms with Gasteiger partial charge in [-0.05, 0) is 61.2 Å². The van der Waals surface area contributed by atoms with E-state index >= 15 is 0 Å². The molecule has 1 fully saturated rings. The summed E-state index contributed by atoms with van der Waals surface area (Å²) in [6.07, 6.45) is 0.262. The number of methoxy groups -OCH3 is 1. The van der Waals surface area contributed by atoms with Crippen LogP contribution in [0.15, 0.2) is 42.5 Å². The van der Waals surface area contributed by atoms with E-state index in [1.54, 1.807) is 12.0 Å². The van der Waals surface area contributed by atoms with Gasteiger partial charge in [-0.1, -0.05) is 26.8 Å². The normalized spacial score (nSPS) is 16.5. The molecule has 3 rings (SSSR count). The minimum atomic E-state index is -0.429. The van der Waals surface area contributed by atoms with Crippen molar-refractivity contribution in [1.29, 1.82) is 0 Å². The van der Waals surface area contributed by atoms with Crippen molar-refractivity contribution >= 4 is 23.2 Å². The average molecular weight is 425 g/mol. The van der Waals surface area contributed by atoms with E-state index in [1.807, 2.05) is 56.3 Å². The molecule has 0 radical (unpaired) electrons. The van der Waals surface area contributed by atoms with E-state index in [1.165, 1.54) is 0 Å². The Kier molecular flexibility index (Phi) is 6.58. The molecule has 0 unspecified atom stereocenters. The van der Waals surface area contributed by atoms with Gasteiger partial charge >= 0.3 is 0 Å². The van der Waals surface area contributed by atoms with Gasteiger partial charge in [-0.2, -0.15) is 0 Å². The largest absolute Gasteiger partial charge is 0.495 e. The Morgan fingerprint density at radius 1 is 1.13 bits per heavy atom. The van der Waals surface area contributed by atoms with E-state index in [0.717, 1.165) is 17.0 Å². The molecule has 1 N–H and O–H groups in total. The van der Waals surface area contributed by atoms with Crippen molar-refractivity contribution in [2.24, 2.45) is 5.92 Å². The lowest BCUT2D eigenvalue weighted by atomic mass is 9.86. The predicted molar refractivity (Wildman–Crippen MR) is 123 cm³/mol. The summed E-state index contributed by atoms with van der Waals surface area (Å²) < 4.78 is 11.1. The Labute approximate surface area is 184 Å². The van der Waals surface area contributed by atoms with E-state index in [4.69, 9.17) is 9.47 Å². The number of carbonyl (C=O) groups is 2. The second-order valence-electron chi connectivity index (χ2n) is 9.22. The molecule has 0 aliphatic carbocycles. The highest BCUT2D eigenvalue weighted by Gasteiger charge is 2.35. The fraction of sp³-hybridized carbons (Fsp3) is 0.440. The smallest absolute Gasteiger partial charge is 0.229 e. The van der Waals surface area contributed by atoms with Crippen LogP contribution in [0.5, 0.6) is 11.5 Å². The number of ether oxygens (including phenoxy) is 2. The lowest BCUT2D eigenvalue weighted by molar-refractivity contribution is -0.122. The lowest BCUT2D eigenvalue weighted by Gasteiger charge is -2.22. The van der Waals surface area contributed by atoms with Crippen molar-refractivity contribution < 1.29 is 19.1 Å². The Morgan fingerprint density at radius 3 is 2.39 bits per heavy atom. The number of benzene rings is 2. The first-order chi connectivity index (χ1) is 14.6. The molecule has 2 amide bonds. The number of carbonyl (C=O) groups excluding carboxylic acids is 2. The maximum Gasteiger partial charge on any atom is 0.229 e. The summed E-state index contributed by atoms with van der Waals surface area (Å²) in [6.45, 7) is 10.6. The van der Waals surface area contributed by atoms with Gasteiger partial charge in [-0.15, -0.1) is 0 Å². The second-order valence-corrected chi connectivity index (χ2v) is 9.22. The number of rotatable bonds is 6. The minimum Gasteiger partial charge on any atom is -0.495 e. The number of nitrogens with one attached hydrogen (secondary N) is 1. The first kappa shape index (κ1) is 22.7. The zero-order chi connectivity index (χ0) is 22.8. The standard InChI is InChI=1S/C25H32N2O4/c1-16(2)31-20-10-8-19(9-11-20)27-15-17(13-23(27)28)24(29)26-21-14-18(25(3,4)5)7-12-22(21)30-6/h7-12,14,16-17H,13,15H2,1-6H3,(H,26,29)/t17-/m0/s1. The molecular formula is C25H32N2O4. The molecule has 1 saturated heterocycles. The molecule has 0 aromatic heterocycles. The summed E-state index contributed by atoms with van der Waals surface area (Å²) in [5.74, 6) is 0.684. The third-order valence-electron chi connectivity index (χ3n) is 5.34. The molecule has 1 aliphatic heterocycles. The maximum atomic E-state index is 13.0. The van der Waals surface area contributed by atoms with Crippen molar-refractivity contribution in [2.75, 3.05) is 23.9 Å². The summed E-state index contributed by atoms with van der Waals surface area (Å²) in [5.41, 5.74) is 2.43. The van der Waals surface area contributed by atoms with Crippen LogP contribution in [0.4, 0.5) is 11.4 Å². The van der Waals surface area contributed by atoms with Crippen LogP contribution in [-0.4, -0.2) is 31.6 Å². The number of hydrogen-bond acceptors (Lipinski definition) is 4. The highest BCUT2D eigenvalue weighted by molar-refractivity contribution is 6.04. The van der Waals surface area contributed by atoms with Gasteiger partial charge in [0.05, 0.1) is 24.8 Å². The molecule has 31 heavy (non-hydrogen) atoms. The van der Waals surface area contributed by atoms with Crippen LogP contribution in [0.25, 0.3) is 0 Å². The molecule has 1 heterocycles. The van der Waals surface area contributed by atoms with E-state index in [0.29, 0.717) is 18.0 Å². The summed E-state index contributed by atoms with van der Waals surface area (Å²) in [5, 5.41) is 2.98.